The molecule has 2 N–H and O–H groups in total. The summed E-state index contributed by atoms with van der Waals surface area (Å²) in [6, 6.07) is 11.7. The van der Waals surface area contributed by atoms with Gasteiger partial charge in [-0.25, -0.2) is 4.52 Å². The zero-order valence-electron chi connectivity index (χ0n) is 15.1. The number of aliphatic hydroxyl groups excluding tert-OH is 1. The van der Waals surface area contributed by atoms with E-state index in [4.69, 9.17) is 4.74 Å². The first-order valence-corrected chi connectivity index (χ1v) is 8.60. The van der Waals surface area contributed by atoms with Crippen LogP contribution in [0.15, 0.2) is 55.0 Å². The van der Waals surface area contributed by atoms with Crippen molar-refractivity contribution in [3.63, 3.8) is 0 Å². The molecule has 27 heavy (non-hydrogen) atoms. The minimum absolute atomic E-state index is 0.0267. The summed E-state index contributed by atoms with van der Waals surface area (Å²) in [6.45, 7) is 1.92. The Morgan fingerprint density at radius 2 is 2.04 bits per heavy atom. The topological polar surface area (TPSA) is 89.5 Å². The zero-order chi connectivity index (χ0) is 18.8. The van der Waals surface area contributed by atoms with Crippen LogP contribution in [-0.4, -0.2) is 43.2 Å². The Balaban J connectivity index is 1.65. The minimum Gasteiger partial charge on any atom is -0.497 e. The molecule has 0 aliphatic rings. The number of pyridine rings is 1. The predicted molar refractivity (Wildman–Crippen MR) is 102 cm³/mol. The van der Waals surface area contributed by atoms with E-state index in [-0.39, 0.29) is 12.6 Å². The van der Waals surface area contributed by atoms with Crippen LogP contribution >= 0.6 is 0 Å². The van der Waals surface area contributed by atoms with Crippen LogP contribution in [0.1, 0.15) is 13.0 Å². The van der Waals surface area contributed by atoms with Gasteiger partial charge in [0.15, 0.2) is 5.65 Å². The molecule has 8 nitrogen and oxygen atoms in total. The van der Waals surface area contributed by atoms with Crippen LogP contribution < -0.4 is 10.1 Å². The summed E-state index contributed by atoms with van der Waals surface area (Å²) in [6.07, 6.45) is 5.36. The molecule has 0 bridgehead atoms. The second-order valence-corrected chi connectivity index (χ2v) is 6.22. The Labute approximate surface area is 156 Å². The maximum Gasteiger partial charge on any atom is 0.247 e. The Morgan fingerprint density at radius 3 is 2.78 bits per heavy atom. The van der Waals surface area contributed by atoms with Gasteiger partial charge in [0.25, 0.3) is 0 Å². The molecule has 4 rings (SSSR count). The van der Waals surface area contributed by atoms with Gasteiger partial charge in [0, 0.05) is 18.0 Å². The lowest BCUT2D eigenvalue weighted by molar-refractivity contribution is 0.230. The summed E-state index contributed by atoms with van der Waals surface area (Å²) in [4.78, 5) is 4.62. The molecule has 0 aliphatic carbocycles. The maximum absolute atomic E-state index is 9.24. The van der Waals surface area contributed by atoms with E-state index < -0.39 is 0 Å². The number of rotatable bonds is 6. The number of aliphatic hydroxyl groups is 1. The van der Waals surface area contributed by atoms with Crippen molar-refractivity contribution in [1.82, 2.24) is 24.4 Å². The van der Waals surface area contributed by atoms with Crippen LogP contribution in [0.5, 0.6) is 5.75 Å². The first-order valence-electron chi connectivity index (χ1n) is 8.60. The number of methoxy groups -OCH3 is 1. The number of anilines is 2. The van der Waals surface area contributed by atoms with Gasteiger partial charge in [-0.1, -0.05) is 12.1 Å². The molecule has 0 spiro atoms. The quantitative estimate of drug-likeness (QED) is 0.547. The summed E-state index contributed by atoms with van der Waals surface area (Å²) in [5.74, 6) is 1.29. The van der Waals surface area contributed by atoms with Crippen molar-refractivity contribution in [1.29, 1.82) is 0 Å². The van der Waals surface area contributed by atoms with Crippen molar-refractivity contribution in [2.24, 2.45) is 0 Å². The molecule has 138 valence electrons. The van der Waals surface area contributed by atoms with E-state index in [9.17, 15) is 5.11 Å². The summed E-state index contributed by atoms with van der Waals surface area (Å²) in [5, 5.41) is 21.1. The average Bonchev–Trinajstić information content (AvgIpc) is 3.34. The molecule has 0 saturated carbocycles. The minimum atomic E-state index is -0.0868. The van der Waals surface area contributed by atoms with Gasteiger partial charge in [-0.3, -0.25) is 4.68 Å². The lowest BCUT2D eigenvalue weighted by Crippen LogP contribution is -2.09. The first kappa shape index (κ1) is 17.0. The Morgan fingerprint density at radius 1 is 1.22 bits per heavy atom. The SMILES string of the molecule is COc1ccc(-c2cccn3nc(Nc4cnn(C(C)CO)c4)nc23)cc1. The third-order valence-corrected chi connectivity index (χ3v) is 4.34. The highest BCUT2D eigenvalue weighted by atomic mass is 16.5. The Hall–Kier alpha value is -3.39. The van der Waals surface area contributed by atoms with Crippen molar-refractivity contribution in [2.45, 2.75) is 13.0 Å². The molecule has 0 radical (unpaired) electrons. The van der Waals surface area contributed by atoms with Crippen LogP contribution in [0.2, 0.25) is 0 Å². The highest BCUT2D eigenvalue weighted by Gasteiger charge is 2.11. The molecule has 1 unspecified atom stereocenters. The van der Waals surface area contributed by atoms with E-state index in [0.29, 0.717) is 5.95 Å². The van der Waals surface area contributed by atoms with Crippen LogP contribution in [0.25, 0.3) is 16.8 Å². The Bertz CT molecular complexity index is 1050. The van der Waals surface area contributed by atoms with Crippen LogP contribution in [-0.2, 0) is 0 Å². The molecule has 1 aromatic carbocycles. The van der Waals surface area contributed by atoms with Crippen molar-refractivity contribution < 1.29 is 9.84 Å². The number of aromatic nitrogens is 5. The lowest BCUT2D eigenvalue weighted by atomic mass is 10.1. The van der Waals surface area contributed by atoms with Gasteiger partial charge in [0.2, 0.25) is 5.95 Å². The lowest BCUT2D eigenvalue weighted by Gasteiger charge is -2.06. The van der Waals surface area contributed by atoms with E-state index >= 15 is 0 Å². The predicted octanol–water partition coefficient (Wildman–Crippen LogP) is 2.90. The van der Waals surface area contributed by atoms with Crippen LogP contribution in [0.4, 0.5) is 11.6 Å². The van der Waals surface area contributed by atoms with Gasteiger partial charge in [-0.15, -0.1) is 5.10 Å². The summed E-state index contributed by atoms with van der Waals surface area (Å²) in [5.41, 5.74) is 3.52. The fourth-order valence-corrected chi connectivity index (χ4v) is 2.81. The van der Waals surface area contributed by atoms with Gasteiger partial charge in [-0.05, 0) is 36.8 Å². The van der Waals surface area contributed by atoms with Crippen molar-refractivity contribution in [3.05, 3.63) is 55.0 Å². The smallest absolute Gasteiger partial charge is 0.247 e. The molecule has 1 atom stereocenters. The first-order chi connectivity index (χ1) is 13.2. The maximum atomic E-state index is 9.24. The van der Waals surface area contributed by atoms with Crippen molar-refractivity contribution in [2.75, 3.05) is 19.0 Å². The van der Waals surface area contributed by atoms with Gasteiger partial charge in [0.05, 0.1) is 31.6 Å². The van der Waals surface area contributed by atoms with Crippen LogP contribution in [0, 0.1) is 0 Å². The monoisotopic (exact) mass is 364 g/mol. The number of hydrogen-bond donors (Lipinski definition) is 2. The number of benzene rings is 1. The Kier molecular flexibility index (Phi) is 4.47. The normalized spacial score (nSPS) is 12.3. The molecular formula is C19H20N6O2. The van der Waals surface area contributed by atoms with Gasteiger partial charge in [0.1, 0.15) is 5.75 Å². The van der Waals surface area contributed by atoms with Gasteiger partial charge in [-0.2, -0.15) is 10.1 Å². The van der Waals surface area contributed by atoms with Gasteiger partial charge < -0.3 is 15.2 Å². The molecule has 3 heterocycles. The third kappa shape index (κ3) is 3.34. The molecule has 0 fully saturated rings. The second kappa shape index (κ2) is 7.08. The number of fused-ring (bicyclic) bond motifs is 1. The molecule has 0 saturated heterocycles. The van der Waals surface area contributed by atoms with Crippen LogP contribution in [0.3, 0.4) is 0 Å². The zero-order valence-corrected chi connectivity index (χ0v) is 15.1. The summed E-state index contributed by atoms with van der Waals surface area (Å²) >= 11 is 0. The highest BCUT2D eigenvalue weighted by Crippen LogP contribution is 2.26. The van der Waals surface area contributed by atoms with E-state index in [2.05, 4.69) is 20.5 Å². The number of hydrogen-bond acceptors (Lipinski definition) is 6. The van der Waals surface area contributed by atoms with E-state index in [1.54, 1.807) is 22.5 Å². The largest absolute Gasteiger partial charge is 0.497 e. The van der Waals surface area contributed by atoms with Crippen molar-refractivity contribution in [3.8, 4) is 16.9 Å². The molecule has 3 aromatic heterocycles. The fraction of sp³-hybridized carbons (Fsp3) is 0.211. The summed E-state index contributed by atoms with van der Waals surface area (Å²) < 4.78 is 8.66. The molecule has 4 aromatic rings. The number of nitrogens with one attached hydrogen (secondary N) is 1. The van der Waals surface area contributed by atoms with Gasteiger partial charge >= 0.3 is 0 Å². The third-order valence-electron chi connectivity index (χ3n) is 4.34. The van der Waals surface area contributed by atoms with E-state index in [0.717, 1.165) is 28.2 Å². The average molecular weight is 364 g/mol. The van der Waals surface area contributed by atoms with Crippen molar-refractivity contribution >= 4 is 17.3 Å². The highest BCUT2D eigenvalue weighted by molar-refractivity contribution is 5.78. The fourth-order valence-electron chi connectivity index (χ4n) is 2.81. The van der Waals surface area contributed by atoms with E-state index in [1.807, 2.05) is 55.7 Å². The number of ether oxygens (including phenoxy) is 1. The molecular weight excluding hydrogens is 344 g/mol. The number of nitrogens with zero attached hydrogens (tertiary/aromatic N) is 5. The standard InChI is InChI=1S/C19H20N6O2/c1-13(12-26)25-11-15(10-20-25)21-19-22-18-17(4-3-9-24(18)23-19)14-5-7-16(27-2)8-6-14/h3-11,13,26H,12H2,1-2H3,(H,21,23). The molecule has 0 aliphatic heterocycles. The molecule has 0 amide bonds. The second-order valence-electron chi connectivity index (χ2n) is 6.22. The molecule has 8 heteroatoms. The summed E-state index contributed by atoms with van der Waals surface area (Å²) in [7, 11) is 1.65. The van der Waals surface area contributed by atoms with E-state index in [1.165, 1.54) is 0 Å².